The summed E-state index contributed by atoms with van der Waals surface area (Å²) in [6, 6.07) is 4.84. The van der Waals surface area contributed by atoms with Crippen LogP contribution in [0, 0.1) is 0 Å². The monoisotopic (exact) mass is 238 g/mol. The van der Waals surface area contributed by atoms with Gasteiger partial charge in [0.2, 0.25) is 0 Å². The second kappa shape index (κ2) is 5.05. The Morgan fingerprint density at radius 3 is 2.71 bits per heavy atom. The van der Waals surface area contributed by atoms with Crippen LogP contribution in [0.25, 0.3) is 0 Å². The molecule has 0 aliphatic heterocycles. The molecule has 0 saturated heterocycles. The highest BCUT2D eigenvalue weighted by atomic mass is 16.5. The molecule has 5 heteroatoms. The zero-order valence-corrected chi connectivity index (χ0v) is 10.3. The van der Waals surface area contributed by atoms with E-state index < -0.39 is 5.54 Å². The zero-order chi connectivity index (χ0) is 13.1. The van der Waals surface area contributed by atoms with E-state index in [1.807, 2.05) is 0 Å². The molecule has 1 aromatic rings. The van der Waals surface area contributed by atoms with Gasteiger partial charge in [-0.2, -0.15) is 0 Å². The number of amides is 1. The molecule has 0 bridgehead atoms. The van der Waals surface area contributed by atoms with Crippen molar-refractivity contribution in [2.45, 2.75) is 19.4 Å². The summed E-state index contributed by atoms with van der Waals surface area (Å²) >= 11 is 0. The van der Waals surface area contributed by atoms with E-state index >= 15 is 0 Å². The Bertz CT molecular complexity index is 416. The number of aliphatic hydroxyl groups is 1. The lowest BCUT2D eigenvalue weighted by atomic mass is 10.1. The van der Waals surface area contributed by atoms with Gasteiger partial charge in [0.1, 0.15) is 5.75 Å². The molecule has 0 aliphatic rings. The number of anilines is 1. The number of aliphatic hydroxyl groups excluding tert-OH is 1. The number of methoxy groups -OCH3 is 1. The molecule has 0 spiro atoms. The standard InChI is InChI=1S/C12H18N2O3/c1-12(2,7-15)14-11(16)9-6-8(13)4-5-10(9)17-3/h4-6,15H,7,13H2,1-3H3,(H,14,16). The quantitative estimate of drug-likeness (QED) is 0.677. The van der Waals surface area contributed by atoms with Crippen molar-refractivity contribution in [1.29, 1.82) is 0 Å². The maximum atomic E-state index is 12.0. The fraction of sp³-hybridized carbons (Fsp3) is 0.417. The van der Waals surface area contributed by atoms with Crippen LogP contribution in [0.15, 0.2) is 18.2 Å². The van der Waals surface area contributed by atoms with Crippen LogP contribution < -0.4 is 15.8 Å². The number of rotatable bonds is 4. The first kappa shape index (κ1) is 13.3. The average molecular weight is 238 g/mol. The Hall–Kier alpha value is -1.75. The van der Waals surface area contributed by atoms with Crippen molar-refractivity contribution in [2.75, 3.05) is 19.5 Å². The van der Waals surface area contributed by atoms with E-state index in [0.29, 0.717) is 17.0 Å². The molecule has 4 N–H and O–H groups in total. The second-order valence-corrected chi connectivity index (χ2v) is 4.46. The number of nitrogens with one attached hydrogen (secondary N) is 1. The van der Waals surface area contributed by atoms with E-state index in [4.69, 9.17) is 15.6 Å². The molecule has 17 heavy (non-hydrogen) atoms. The summed E-state index contributed by atoms with van der Waals surface area (Å²) < 4.78 is 5.09. The van der Waals surface area contributed by atoms with E-state index in [2.05, 4.69) is 5.32 Å². The number of nitrogen functional groups attached to an aromatic ring is 1. The first-order valence-electron chi connectivity index (χ1n) is 5.26. The van der Waals surface area contributed by atoms with Gasteiger partial charge in [0.25, 0.3) is 5.91 Å². The van der Waals surface area contributed by atoms with Crippen LogP contribution in [0.3, 0.4) is 0 Å². The molecule has 1 amide bonds. The van der Waals surface area contributed by atoms with Crippen molar-refractivity contribution < 1.29 is 14.6 Å². The summed E-state index contributed by atoms with van der Waals surface area (Å²) in [7, 11) is 1.49. The summed E-state index contributed by atoms with van der Waals surface area (Å²) in [5.41, 5.74) is 5.78. The van der Waals surface area contributed by atoms with Gasteiger partial charge in [-0.3, -0.25) is 4.79 Å². The van der Waals surface area contributed by atoms with Crippen molar-refractivity contribution in [3.05, 3.63) is 23.8 Å². The van der Waals surface area contributed by atoms with Gasteiger partial charge in [0, 0.05) is 5.69 Å². The van der Waals surface area contributed by atoms with Crippen molar-refractivity contribution in [2.24, 2.45) is 0 Å². The molecule has 0 heterocycles. The second-order valence-electron chi connectivity index (χ2n) is 4.46. The Balaban J connectivity index is 2.99. The summed E-state index contributed by atoms with van der Waals surface area (Å²) in [5.74, 6) is 0.124. The molecule has 0 fully saturated rings. The highest BCUT2D eigenvalue weighted by molar-refractivity contribution is 5.98. The summed E-state index contributed by atoms with van der Waals surface area (Å²) in [6.07, 6.45) is 0. The summed E-state index contributed by atoms with van der Waals surface area (Å²) in [5, 5.41) is 11.8. The van der Waals surface area contributed by atoms with Gasteiger partial charge in [-0.25, -0.2) is 0 Å². The maximum Gasteiger partial charge on any atom is 0.255 e. The Morgan fingerprint density at radius 2 is 2.18 bits per heavy atom. The number of nitrogens with two attached hydrogens (primary N) is 1. The third kappa shape index (κ3) is 3.35. The molecule has 0 atom stereocenters. The third-order valence-electron chi connectivity index (χ3n) is 2.32. The van der Waals surface area contributed by atoms with Gasteiger partial charge < -0.3 is 20.9 Å². The SMILES string of the molecule is COc1ccc(N)cc1C(=O)NC(C)(C)CO. The molecule has 1 rings (SSSR count). The fourth-order valence-corrected chi connectivity index (χ4v) is 1.32. The number of ether oxygens (including phenoxy) is 1. The van der Waals surface area contributed by atoms with Crippen LogP contribution in [0.5, 0.6) is 5.75 Å². The third-order valence-corrected chi connectivity index (χ3v) is 2.32. The van der Waals surface area contributed by atoms with Gasteiger partial charge in [-0.05, 0) is 32.0 Å². The first-order chi connectivity index (χ1) is 7.89. The number of hydrogen-bond donors (Lipinski definition) is 3. The van der Waals surface area contributed by atoms with E-state index in [1.165, 1.54) is 7.11 Å². The first-order valence-corrected chi connectivity index (χ1v) is 5.26. The molecule has 5 nitrogen and oxygen atoms in total. The number of carbonyl (C=O) groups excluding carboxylic acids is 1. The number of benzene rings is 1. The maximum absolute atomic E-state index is 12.0. The van der Waals surface area contributed by atoms with Crippen LogP contribution in [0.2, 0.25) is 0 Å². The van der Waals surface area contributed by atoms with E-state index in [1.54, 1.807) is 32.0 Å². The van der Waals surface area contributed by atoms with Crippen LogP contribution in [-0.2, 0) is 0 Å². The molecular weight excluding hydrogens is 220 g/mol. The normalized spacial score (nSPS) is 11.1. The van der Waals surface area contributed by atoms with Crippen LogP contribution in [0.4, 0.5) is 5.69 Å². The largest absolute Gasteiger partial charge is 0.496 e. The minimum atomic E-state index is -0.688. The molecule has 0 saturated carbocycles. The van der Waals surface area contributed by atoms with E-state index in [9.17, 15) is 4.79 Å². The van der Waals surface area contributed by atoms with E-state index in [0.717, 1.165) is 0 Å². The lowest BCUT2D eigenvalue weighted by Gasteiger charge is -2.24. The van der Waals surface area contributed by atoms with Gasteiger partial charge in [-0.1, -0.05) is 0 Å². The lowest BCUT2D eigenvalue weighted by molar-refractivity contribution is 0.0866. The van der Waals surface area contributed by atoms with Crippen molar-refractivity contribution in [3.63, 3.8) is 0 Å². The highest BCUT2D eigenvalue weighted by Gasteiger charge is 2.22. The van der Waals surface area contributed by atoms with E-state index in [-0.39, 0.29) is 12.5 Å². The molecule has 1 aromatic carbocycles. The van der Waals surface area contributed by atoms with Crippen molar-refractivity contribution >= 4 is 11.6 Å². The predicted octanol–water partition coefficient (Wildman–Crippen LogP) is 0.778. The summed E-state index contributed by atoms with van der Waals surface area (Å²) in [6.45, 7) is 3.30. The zero-order valence-electron chi connectivity index (χ0n) is 10.3. The van der Waals surface area contributed by atoms with Gasteiger partial charge in [0.15, 0.2) is 0 Å². The fourth-order valence-electron chi connectivity index (χ4n) is 1.32. The lowest BCUT2D eigenvalue weighted by Crippen LogP contribution is -2.46. The number of hydrogen-bond acceptors (Lipinski definition) is 4. The molecule has 0 aliphatic carbocycles. The minimum Gasteiger partial charge on any atom is -0.496 e. The van der Waals surface area contributed by atoms with Gasteiger partial charge in [-0.15, -0.1) is 0 Å². The Morgan fingerprint density at radius 1 is 1.53 bits per heavy atom. The number of carbonyl (C=O) groups is 1. The van der Waals surface area contributed by atoms with Gasteiger partial charge in [0.05, 0.1) is 24.8 Å². The minimum absolute atomic E-state index is 0.149. The highest BCUT2D eigenvalue weighted by Crippen LogP contribution is 2.21. The van der Waals surface area contributed by atoms with Crippen LogP contribution in [-0.4, -0.2) is 30.3 Å². The average Bonchev–Trinajstić information content (AvgIpc) is 2.28. The predicted molar refractivity (Wildman–Crippen MR) is 66.0 cm³/mol. The summed E-state index contributed by atoms with van der Waals surface area (Å²) in [4.78, 5) is 12.0. The molecule has 0 aromatic heterocycles. The molecular formula is C12H18N2O3. The van der Waals surface area contributed by atoms with Crippen LogP contribution in [0.1, 0.15) is 24.2 Å². The van der Waals surface area contributed by atoms with Gasteiger partial charge >= 0.3 is 0 Å². The molecule has 0 radical (unpaired) electrons. The smallest absolute Gasteiger partial charge is 0.255 e. The Labute approximate surface area is 101 Å². The Kier molecular flexibility index (Phi) is 3.96. The molecule has 94 valence electrons. The topological polar surface area (TPSA) is 84.6 Å². The van der Waals surface area contributed by atoms with Crippen molar-refractivity contribution in [1.82, 2.24) is 5.32 Å². The molecule has 0 unspecified atom stereocenters. The van der Waals surface area contributed by atoms with Crippen LogP contribution >= 0.6 is 0 Å². The van der Waals surface area contributed by atoms with Crippen molar-refractivity contribution in [3.8, 4) is 5.75 Å².